The number of carboxylic acids is 2. The summed E-state index contributed by atoms with van der Waals surface area (Å²) in [5.74, 6) is -8.25. The minimum absolute atomic E-state index is 0.0583. The summed E-state index contributed by atoms with van der Waals surface area (Å²) in [5.41, 5.74) is 6.95. The molecule has 0 fully saturated rings. The zero-order valence-electron chi connectivity index (χ0n) is 32.4. The second kappa shape index (κ2) is 22.5. The van der Waals surface area contributed by atoms with E-state index in [1.807, 2.05) is 0 Å². The lowest BCUT2D eigenvalue weighted by Crippen LogP contribution is -2.61. The minimum atomic E-state index is -1.65. The number of nitrogens with one attached hydrogen (secondary N) is 6. The maximum absolute atomic E-state index is 13.6. The van der Waals surface area contributed by atoms with E-state index in [0.717, 1.165) is 0 Å². The van der Waals surface area contributed by atoms with Crippen LogP contribution in [0.1, 0.15) is 58.6 Å². The van der Waals surface area contributed by atoms with Gasteiger partial charge >= 0.3 is 11.9 Å². The van der Waals surface area contributed by atoms with Crippen molar-refractivity contribution in [2.75, 3.05) is 0 Å². The molecule has 0 heterocycles. The van der Waals surface area contributed by atoms with E-state index in [1.54, 1.807) is 44.2 Å². The zero-order valence-corrected chi connectivity index (χ0v) is 32.4. The average molecular weight is 800 g/mol. The van der Waals surface area contributed by atoms with Gasteiger partial charge in [-0.2, -0.15) is 0 Å². The summed E-state index contributed by atoms with van der Waals surface area (Å²) in [7, 11) is 0. The maximum atomic E-state index is 13.6. The van der Waals surface area contributed by atoms with E-state index >= 15 is 0 Å². The average Bonchev–Trinajstić information content (AvgIpc) is 3.14. The van der Waals surface area contributed by atoms with Crippen LogP contribution in [0.25, 0.3) is 0 Å². The smallest absolute Gasteiger partial charge is 0.325 e. The molecule has 2 aromatic carbocycles. The summed E-state index contributed by atoms with van der Waals surface area (Å²) < 4.78 is 0. The summed E-state index contributed by atoms with van der Waals surface area (Å²) in [6.07, 6.45) is -2.34. The van der Waals surface area contributed by atoms with Crippen LogP contribution in [0.4, 0.5) is 0 Å². The van der Waals surface area contributed by atoms with Crippen molar-refractivity contribution in [2.24, 2.45) is 11.7 Å². The van der Waals surface area contributed by atoms with Gasteiger partial charge in [0.05, 0.1) is 12.1 Å². The molecule has 312 valence electrons. The topological polar surface area (TPSA) is 316 Å². The maximum Gasteiger partial charge on any atom is 0.325 e. The van der Waals surface area contributed by atoms with E-state index in [9.17, 15) is 53.7 Å². The molecule has 57 heavy (non-hydrogen) atoms. The summed E-state index contributed by atoms with van der Waals surface area (Å²) >= 11 is 0. The van der Waals surface area contributed by atoms with Gasteiger partial charge in [-0.3, -0.25) is 38.4 Å². The van der Waals surface area contributed by atoms with Gasteiger partial charge in [0.1, 0.15) is 42.0 Å². The van der Waals surface area contributed by atoms with Crippen LogP contribution in [0.15, 0.2) is 54.6 Å². The van der Waals surface area contributed by atoms with Crippen molar-refractivity contribution in [1.29, 1.82) is 0 Å². The number of rotatable bonds is 22. The van der Waals surface area contributed by atoms with E-state index in [0.29, 0.717) is 11.1 Å². The number of aliphatic hydroxyl groups excluding tert-OH is 1. The largest absolute Gasteiger partial charge is 0.508 e. The molecule has 0 saturated carbocycles. The number of hydrogen-bond acceptors (Lipinski definition) is 11. The van der Waals surface area contributed by atoms with Gasteiger partial charge < -0.3 is 58.1 Å². The highest BCUT2D eigenvalue weighted by molar-refractivity contribution is 5.97. The van der Waals surface area contributed by atoms with Crippen LogP contribution in [0.3, 0.4) is 0 Å². The lowest BCUT2D eigenvalue weighted by atomic mass is 10.0. The summed E-state index contributed by atoms with van der Waals surface area (Å²) in [4.78, 5) is 102. The first-order chi connectivity index (χ1) is 26.7. The number of aromatic hydroxyl groups is 1. The Kier molecular flexibility index (Phi) is 18.6. The lowest BCUT2D eigenvalue weighted by molar-refractivity contribution is -0.142. The van der Waals surface area contributed by atoms with E-state index in [-0.39, 0.29) is 25.0 Å². The molecule has 2 aromatic rings. The number of carbonyl (C=O) groups excluding carboxylic acids is 6. The number of hydrogen-bond donors (Lipinski definition) is 11. The summed E-state index contributed by atoms with van der Waals surface area (Å²) in [6, 6.07) is 4.78. The number of aliphatic carboxylic acids is 2. The molecule has 8 atom stereocenters. The molecule has 0 spiro atoms. The minimum Gasteiger partial charge on any atom is -0.508 e. The molecule has 0 aromatic heterocycles. The van der Waals surface area contributed by atoms with Crippen LogP contribution in [-0.4, -0.2) is 116 Å². The lowest BCUT2D eigenvalue weighted by Gasteiger charge is -2.28. The molecule has 0 aliphatic heterocycles. The van der Waals surface area contributed by atoms with Crippen molar-refractivity contribution in [3.05, 3.63) is 65.7 Å². The number of benzene rings is 2. The third-order valence-corrected chi connectivity index (χ3v) is 8.72. The molecule has 12 N–H and O–H groups in total. The number of carbonyl (C=O) groups is 8. The van der Waals surface area contributed by atoms with Gasteiger partial charge in [0.25, 0.3) is 0 Å². The number of phenols is 1. The van der Waals surface area contributed by atoms with E-state index < -0.39 is 108 Å². The van der Waals surface area contributed by atoms with Gasteiger partial charge in [-0.1, -0.05) is 56.3 Å². The van der Waals surface area contributed by atoms with E-state index in [4.69, 9.17) is 10.8 Å². The van der Waals surface area contributed by atoms with Gasteiger partial charge in [-0.25, -0.2) is 0 Å². The fraction of sp³-hybridized carbons (Fsp3) is 0.474. The summed E-state index contributed by atoms with van der Waals surface area (Å²) in [5, 5.41) is 53.1. The van der Waals surface area contributed by atoms with E-state index in [2.05, 4.69) is 31.9 Å². The van der Waals surface area contributed by atoms with Gasteiger partial charge in [0.2, 0.25) is 35.4 Å². The molecular weight excluding hydrogens is 746 g/mol. The van der Waals surface area contributed by atoms with Crippen LogP contribution in [-0.2, 0) is 51.2 Å². The van der Waals surface area contributed by atoms with Crippen LogP contribution >= 0.6 is 0 Å². The number of aliphatic hydroxyl groups is 1. The first-order valence-electron chi connectivity index (χ1n) is 18.2. The normalized spacial score (nSPS) is 15.2. The highest BCUT2D eigenvalue weighted by Crippen LogP contribution is 2.13. The van der Waals surface area contributed by atoms with E-state index in [1.165, 1.54) is 45.0 Å². The first-order valence-corrected chi connectivity index (χ1v) is 18.2. The molecule has 0 saturated heterocycles. The highest BCUT2D eigenvalue weighted by Gasteiger charge is 2.34. The SMILES string of the molecule is CC(C)[C@H](NC(=O)[C@H](Cc1ccc(O)cc1)NC(=O)[C@H](C)NC(=O)[C@@H](NC(=O)[C@H](Cc1ccccc1)NC(=O)[C@@H](N)CCC(=O)O)[C@@H](C)O)C(=O)N[C@@H](C)C(=O)O. The predicted octanol–water partition coefficient (Wildman–Crippen LogP) is -1.56. The Labute approximate surface area is 329 Å². The van der Waals surface area contributed by atoms with Crippen LogP contribution < -0.4 is 37.6 Å². The Morgan fingerprint density at radius 3 is 1.54 bits per heavy atom. The van der Waals surface area contributed by atoms with Crippen molar-refractivity contribution in [1.82, 2.24) is 31.9 Å². The van der Waals surface area contributed by atoms with Gasteiger partial charge in [-0.15, -0.1) is 0 Å². The Balaban J connectivity index is 2.26. The monoisotopic (exact) mass is 799 g/mol. The van der Waals surface area contributed by atoms with Crippen molar-refractivity contribution >= 4 is 47.4 Å². The molecule has 19 heteroatoms. The molecule has 6 amide bonds. The molecule has 0 aliphatic carbocycles. The Morgan fingerprint density at radius 1 is 0.579 bits per heavy atom. The molecular formula is C38H53N7O12. The fourth-order valence-corrected chi connectivity index (χ4v) is 5.30. The number of nitrogens with two attached hydrogens (primary N) is 1. The van der Waals surface area contributed by atoms with Crippen molar-refractivity contribution in [3.8, 4) is 5.75 Å². The molecule has 19 nitrogen and oxygen atoms in total. The molecule has 0 radical (unpaired) electrons. The number of amides is 6. The third-order valence-electron chi connectivity index (χ3n) is 8.72. The van der Waals surface area contributed by atoms with Crippen LogP contribution in [0.2, 0.25) is 0 Å². The number of phenolic OH excluding ortho intramolecular Hbond substituents is 1. The Bertz CT molecular complexity index is 1720. The zero-order chi connectivity index (χ0) is 43.0. The molecule has 0 unspecified atom stereocenters. The number of carboxylic acid groups (broad SMARTS) is 2. The van der Waals surface area contributed by atoms with Crippen molar-refractivity contribution in [2.45, 2.75) is 109 Å². The Morgan fingerprint density at radius 2 is 1.05 bits per heavy atom. The highest BCUT2D eigenvalue weighted by atomic mass is 16.4. The van der Waals surface area contributed by atoms with Crippen LogP contribution in [0, 0.1) is 5.92 Å². The summed E-state index contributed by atoms with van der Waals surface area (Å²) in [6.45, 7) is 6.97. The standard InChI is InChI=1S/C38H53N7O12/c1-19(2)30(36(54)41-21(4)38(56)57)44-34(52)27(18-24-11-13-25(47)14-12-24)42-32(50)20(3)40-37(55)31(22(5)46)45-35(53)28(17-23-9-7-6-8-10-23)43-33(51)26(39)15-16-29(48)49/h6-14,19-22,26-28,30-31,46-47H,15-18,39H2,1-5H3,(H,40,55)(H,41,54)(H,42,50)(H,43,51)(H,44,52)(H,45,53)(H,48,49)(H,56,57)/t20-,21-,22+,26-,27-,28-,30-,31-/m0/s1. The predicted molar refractivity (Wildman–Crippen MR) is 204 cm³/mol. The quantitative estimate of drug-likeness (QED) is 0.0643. The second-order valence-electron chi connectivity index (χ2n) is 14.0. The van der Waals surface area contributed by atoms with Gasteiger partial charge in [0.15, 0.2) is 0 Å². The van der Waals surface area contributed by atoms with Crippen LogP contribution in [0.5, 0.6) is 5.75 Å². The van der Waals surface area contributed by atoms with Gasteiger partial charge in [-0.05, 0) is 56.4 Å². The first kappa shape index (κ1) is 47.1. The van der Waals surface area contributed by atoms with Gasteiger partial charge in [0, 0.05) is 19.3 Å². The van der Waals surface area contributed by atoms with Crippen molar-refractivity contribution in [3.63, 3.8) is 0 Å². The molecule has 2 rings (SSSR count). The second-order valence-corrected chi connectivity index (χ2v) is 14.0. The van der Waals surface area contributed by atoms with Crippen molar-refractivity contribution < 1.29 is 58.8 Å². The fourth-order valence-electron chi connectivity index (χ4n) is 5.30. The third kappa shape index (κ3) is 15.9. The molecule has 0 aliphatic rings. The Hall–Kier alpha value is -6.08. The molecule has 0 bridgehead atoms.